The molecule has 0 bridgehead atoms. The first-order chi connectivity index (χ1) is 9.44. The molecule has 0 spiro atoms. The normalized spacial score (nSPS) is 11.2. The molecule has 0 saturated carbocycles. The Morgan fingerprint density at radius 2 is 2.05 bits per heavy atom. The molecule has 0 aliphatic heterocycles. The number of nitrogens with two attached hydrogens (primary N) is 1. The van der Waals surface area contributed by atoms with Crippen LogP contribution in [-0.2, 0) is 10.0 Å². The second-order valence-electron chi connectivity index (χ2n) is 3.73. The monoisotopic (exact) mass is 316 g/mol. The minimum atomic E-state index is -4.00. The summed E-state index contributed by atoms with van der Waals surface area (Å²) in [7, 11) is -4.00. The fourth-order valence-electron chi connectivity index (χ4n) is 1.48. The van der Waals surface area contributed by atoms with Crippen molar-refractivity contribution in [1.82, 2.24) is 4.98 Å². The minimum absolute atomic E-state index is 0.0283. The van der Waals surface area contributed by atoms with Crippen molar-refractivity contribution in [2.24, 2.45) is 5.84 Å². The standard InChI is InChI=1S/C11H10ClFN4O2S/c12-8-4-3-7(6-9(8)13)17-20(18,19)11-10(16-14)2-1-5-15-11/h1-6,16-17H,14H2. The fraction of sp³-hybridized carbons (Fsp3) is 0. The molecule has 2 rings (SSSR count). The summed E-state index contributed by atoms with van der Waals surface area (Å²) < 4.78 is 39.8. The lowest BCUT2D eigenvalue weighted by Crippen LogP contribution is -2.19. The Kier molecular flexibility index (Phi) is 4.07. The van der Waals surface area contributed by atoms with Crippen LogP contribution in [-0.4, -0.2) is 13.4 Å². The van der Waals surface area contributed by atoms with E-state index in [1.807, 2.05) is 0 Å². The first kappa shape index (κ1) is 14.5. The number of nitrogen functional groups attached to an aromatic ring is 1. The van der Waals surface area contributed by atoms with Crippen LogP contribution < -0.4 is 16.0 Å². The number of hydrogen-bond donors (Lipinski definition) is 3. The summed E-state index contributed by atoms with van der Waals surface area (Å²) >= 11 is 5.53. The lowest BCUT2D eigenvalue weighted by Gasteiger charge is -2.10. The number of nitrogens with zero attached hydrogens (tertiary/aromatic N) is 1. The molecule has 0 unspecified atom stereocenters. The molecule has 1 heterocycles. The number of aromatic nitrogens is 1. The molecule has 106 valence electrons. The van der Waals surface area contributed by atoms with Gasteiger partial charge >= 0.3 is 0 Å². The molecule has 4 N–H and O–H groups in total. The lowest BCUT2D eigenvalue weighted by atomic mass is 10.3. The van der Waals surface area contributed by atoms with Gasteiger partial charge in [-0.15, -0.1) is 0 Å². The molecular formula is C11H10ClFN4O2S. The van der Waals surface area contributed by atoms with Gasteiger partial charge < -0.3 is 5.43 Å². The molecule has 6 nitrogen and oxygen atoms in total. The highest BCUT2D eigenvalue weighted by Gasteiger charge is 2.20. The van der Waals surface area contributed by atoms with E-state index in [1.54, 1.807) is 0 Å². The number of hydrogen-bond acceptors (Lipinski definition) is 5. The van der Waals surface area contributed by atoms with Crippen molar-refractivity contribution in [3.63, 3.8) is 0 Å². The van der Waals surface area contributed by atoms with Crippen molar-refractivity contribution >= 4 is 33.0 Å². The Labute approximate surface area is 119 Å². The summed E-state index contributed by atoms with van der Waals surface area (Å²) in [5, 5.41) is -0.395. The first-order valence-electron chi connectivity index (χ1n) is 5.33. The van der Waals surface area contributed by atoms with Gasteiger partial charge in [-0.05, 0) is 30.3 Å². The highest BCUT2D eigenvalue weighted by atomic mass is 35.5. The largest absolute Gasteiger partial charge is 0.321 e. The van der Waals surface area contributed by atoms with E-state index in [0.717, 1.165) is 6.07 Å². The third-order valence-corrected chi connectivity index (χ3v) is 4.00. The zero-order valence-corrected chi connectivity index (χ0v) is 11.5. The number of anilines is 2. The van der Waals surface area contributed by atoms with Gasteiger partial charge in [-0.25, -0.2) is 9.37 Å². The zero-order valence-electron chi connectivity index (χ0n) is 9.97. The summed E-state index contributed by atoms with van der Waals surface area (Å²) in [5.74, 6) is 4.49. The van der Waals surface area contributed by atoms with Crippen LogP contribution in [0.1, 0.15) is 0 Å². The fourth-order valence-corrected chi connectivity index (χ4v) is 2.75. The highest BCUT2D eigenvalue weighted by Crippen LogP contribution is 2.23. The van der Waals surface area contributed by atoms with Crippen LogP contribution in [0.2, 0.25) is 5.02 Å². The van der Waals surface area contributed by atoms with E-state index >= 15 is 0 Å². The molecule has 1 aromatic heterocycles. The van der Waals surface area contributed by atoms with E-state index in [0.29, 0.717) is 0 Å². The molecule has 0 atom stereocenters. The zero-order chi connectivity index (χ0) is 14.8. The number of hydrazine groups is 1. The second kappa shape index (κ2) is 5.61. The van der Waals surface area contributed by atoms with Gasteiger partial charge in [0.1, 0.15) is 5.82 Å². The van der Waals surface area contributed by atoms with Gasteiger partial charge in [-0.1, -0.05) is 11.6 Å². The van der Waals surface area contributed by atoms with Crippen LogP contribution in [0.25, 0.3) is 0 Å². The number of benzene rings is 1. The Morgan fingerprint density at radius 3 is 2.70 bits per heavy atom. The topological polar surface area (TPSA) is 97.1 Å². The average molecular weight is 317 g/mol. The second-order valence-corrected chi connectivity index (χ2v) is 5.74. The molecule has 2 aromatic rings. The van der Waals surface area contributed by atoms with Crippen LogP contribution in [0.3, 0.4) is 0 Å². The Hall–Kier alpha value is -1.90. The summed E-state index contributed by atoms with van der Waals surface area (Å²) in [6, 6.07) is 6.52. The highest BCUT2D eigenvalue weighted by molar-refractivity contribution is 7.92. The summed E-state index contributed by atoms with van der Waals surface area (Å²) in [4.78, 5) is 3.74. The van der Waals surface area contributed by atoms with Crippen LogP contribution in [0.15, 0.2) is 41.6 Å². The van der Waals surface area contributed by atoms with E-state index in [2.05, 4.69) is 15.1 Å². The van der Waals surface area contributed by atoms with Crippen molar-refractivity contribution in [3.05, 3.63) is 47.4 Å². The quantitative estimate of drug-likeness (QED) is 0.592. The molecule has 1 aromatic carbocycles. The van der Waals surface area contributed by atoms with Gasteiger partial charge in [-0.2, -0.15) is 8.42 Å². The van der Waals surface area contributed by atoms with Crippen LogP contribution >= 0.6 is 11.6 Å². The molecule has 9 heteroatoms. The average Bonchev–Trinajstić information content (AvgIpc) is 2.42. The van der Waals surface area contributed by atoms with Crippen molar-refractivity contribution in [2.75, 3.05) is 10.1 Å². The predicted molar refractivity (Wildman–Crippen MR) is 74.3 cm³/mol. The molecule has 0 fully saturated rings. The molecule has 0 amide bonds. The summed E-state index contributed by atoms with van der Waals surface area (Å²) in [6.07, 6.45) is 1.30. The molecule has 0 radical (unpaired) electrons. The van der Waals surface area contributed by atoms with Crippen molar-refractivity contribution in [1.29, 1.82) is 0 Å². The number of sulfonamides is 1. The number of nitrogens with one attached hydrogen (secondary N) is 2. The van der Waals surface area contributed by atoms with E-state index in [9.17, 15) is 12.8 Å². The van der Waals surface area contributed by atoms with E-state index in [4.69, 9.17) is 17.4 Å². The third kappa shape index (κ3) is 2.98. The lowest BCUT2D eigenvalue weighted by molar-refractivity contribution is 0.598. The van der Waals surface area contributed by atoms with E-state index < -0.39 is 15.8 Å². The Balaban J connectivity index is 2.38. The molecule has 0 aliphatic rings. The third-order valence-electron chi connectivity index (χ3n) is 2.35. The van der Waals surface area contributed by atoms with Gasteiger partial charge in [0.2, 0.25) is 5.03 Å². The maximum atomic E-state index is 13.3. The van der Waals surface area contributed by atoms with Crippen molar-refractivity contribution in [3.8, 4) is 0 Å². The SMILES string of the molecule is NNc1cccnc1S(=O)(=O)Nc1ccc(Cl)c(F)c1. The minimum Gasteiger partial charge on any atom is -0.321 e. The Morgan fingerprint density at radius 1 is 1.30 bits per heavy atom. The van der Waals surface area contributed by atoms with Gasteiger partial charge in [0.25, 0.3) is 10.0 Å². The Bertz CT molecular complexity index is 739. The molecule has 0 saturated heterocycles. The molecular weight excluding hydrogens is 307 g/mol. The number of pyridine rings is 1. The van der Waals surface area contributed by atoms with Crippen LogP contribution in [0, 0.1) is 5.82 Å². The van der Waals surface area contributed by atoms with Crippen LogP contribution in [0.4, 0.5) is 15.8 Å². The van der Waals surface area contributed by atoms with Gasteiger partial charge in [-0.3, -0.25) is 10.6 Å². The summed E-state index contributed by atoms with van der Waals surface area (Å²) in [6.45, 7) is 0. The maximum absolute atomic E-state index is 13.3. The van der Waals surface area contributed by atoms with Gasteiger partial charge in [0.15, 0.2) is 0 Å². The first-order valence-corrected chi connectivity index (χ1v) is 7.19. The molecule has 20 heavy (non-hydrogen) atoms. The number of halogens is 2. The smallest absolute Gasteiger partial charge is 0.281 e. The predicted octanol–water partition coefficient (Wildman–Crippen LogP) is 1.96. The van der Waals surface area contributed by atoms with Gasteiger partial charge in [0, 0.05) is 6.20 Å². The van der Waals surface area contributed by atoms with Crippen molar-refractivity contribution < 1.29 is 12.8 Å². The van der Waals surface area contributed by atoms with E-state index in [1.165, 1.54) is 30.5 Å². The van der Waals surface area contributed by atoms with E-state index in [-0.39, 0.29) is 21.4 Å². The maximum Gasteiger partial charge on any atom is 0.281 e. The van der Waals surface area contributed by atoms with Gasteiger partial charge in [0.05, 0.1) is 16.4 Å². The van der Waals surface area contributed by atoms with Crippen molar-refractivity contribution in [2.45, 2.75) is 5.03 Å². The summed E-state index contributed by atoms with van der Waals surface area (Å²) in [5.41, 5.74) is 2.38. The number of rotatable bonds is 4. The van der Waals surface area contributed by atoms with Crippen LogP contribution in [0.5, 0.6) is 0 Å². The molecule has 0 aliphatic carbocycles.